The number of benzene rings is 2. The highest BCUT2D eigenvalue weighted by atomic mass is 16.3. The number of aliphatic hydroxyl groups excluding tert-OH is 1. The van der Waals surface area contributed by atoms with Crippen molar-refractivity contribution in [2.24, 2.45) is 7.05 Å². The number of hydrogen-bond donors (Lipinski definition) is 1. The molecule has 0 amide bonds. The zero-order valence-electron chi connectivity index (χ0n) is 13.3. The van der Waals surface area contributed by atoms with E-state index >= 15 is 0 Å². The molecule has 24 heavy (non-hydrogen) atoms. The minimum absolute atomic E-state index is 0.143. The summed E-state index contributed by atoms with van der Waals surface area (Å²) < 4.78 is 1.92. The molecule has 0 saturated carbocycles. The van der Waals surface area contributed by atoms with Gasteiger partial charge in [-0.05, 0) is 13.0 Å². The number of fused-ring (bicyclic) bond motifs is 2. The number of carbonyl (C=O) groups is 2. The fourth-order valence-corrected chi connectivity index (χ4v) is 3.41. The maximum Gasteiger partial charge on any atom is 0.203 e. The molecule has 1 aliphatic rings. The van der Waals surface area contributed by atoms with Crippen molar-refractivity contribution in [2.45, 2.75) is 6.92 Å². The molecule has 0 saturated heterocycles. The fourth-order valence-electron chi connectivity index (χ4n) is 3.41. The molecule has 0 fully saturated rings. The molecule has 0 bridgehead atoms. The first-order valence-electron chi connectivity index (χ1n) is 7.68. The number of aromatic nitrogens is 1. The van der Waals surface area contributed by atoms with E-state index in [-0.39, 0.29) is 11.3 Å². The Morgan fingerprint density at radius 2 is 1.62 bits per heavy atom. The van der Waals surface area contributed by atoms with Gasteiger partial charge >= 0.3 is 0 Å². The minimum Gasteiger partial charge on any atom is -0.506 e. The van der Waals surface area contributed by atoms with Gasteiger partial charge in [-0.3, -0.25) is 9.59 Å². The number of nitrogens with zero attached hydrogens (tertiary/aromatic N) is 1. The molecule has 1 aliphatic carbocycles. The molecule has 4 heteroatoms. The van der Waals surface area contributed by atoms with Crippen LogP contribution in [0.3, 0.4) is 0 Å². The average Bonchev–Trinajstić information content (AvgIpc) is 3.00. The van der Waals surface area contributed by atoms with E-state index in [0.29, 0.717) is 16.7 Å². The van der Waals surface area contributed by atoms with Crippen LogP contribution in [0.4, 0.5) is 0 Å². The summed E-state index contributed by atoms with van der Waals surface area (Å²) in [5.41, 5.74) is 2.80. The van der Waals surface area contributed by atoms with Gasteiger partial charge in [0.15, 0.2) is 0 Å². The highest BCUT2D eigenvalue weighted by Gasteiger charge is 2.36. The Labute approximate surface area is 138 Å². The summed E-state index contributed by atoms with van der Waals surface area (Å²) in [7, 11) is 1.88. The molecule has 1 N–H and O–H groups in total. The molecule has 2 aromatic carbocycles. The van der Waals surface area contributed by atoms with Gasteiger partial charge < -0.3 is 9.67 Å². The van der Waals surface area contributed by atoms with Crippen LogP contribution in [0.2, 0.25) is 0 Å². The predicted octanol–water partition coefficient (Wildman–Crippen LogP) is 3.84. The molecule has 0 aliphatic heterocycles. The fraction of sp³-hybridized carbons (Fsp3) is 0.100. The number of para-hydroxylation sites is 1. The summed E-state index contributed by atoms with van der Waals surface area (Å²) in [6, 6.07) is 14.3. The van der Waals surface area contributed by atoms with Gasteiger partial charge in [0.2, 0.25) is 11.6 Å². The number of allylic oxidation sites excluding steroid dienone is 1. The number of hydrogen-bond acceptors (Lipinski definition) is 3. The van der Waals surface area contributed by atoms with Gasteiger partial charge in [-0.1, -0.05) is 42.5 Å². The normalized spacial score (nSPS) is 13.7. The van der Waals surface area contributed by atoms with E-state index in [2.05, 4.69) is 0 Å². The lowest BCUT2D eigenvalue weighted by atomic mass is 9.98. The molecule has 0 radical (unpaired) electrons. The van der Waals surface area contributed by atoms with Gasteiger partial charge in [0.25, 0.3) is 0 Å². The Morgan fingerprint density at radius 3 is 2.33 bits per heavy atom. The smallest absolute Gasteiger partial charge is 0.203 e. The highest BCUT2D eigenvalue weighted by molar-refractivity contribution is 6.39. The molecular formula is C20H15NO3. The second kappa shape index (κ2) is 4.93. The monoisotopic (exact) mass is 317 g/mol. The van der Waals surface area contributed by atoms with E-state index in [4.69, 9.17) is 0 Å². The van der Waals surface area contributed by atoms with E-state index in [0.717, 1.165) is 16.6 Å². The SMILES string of the molecule is Cc1c(C(=O)C2=C(O)c3ccccc3C2=O)c2ccccc2n1C. The third-order valence-electron chi connectivity index (χ3n) is 4.74. The summed E-state index contributed by atoms with van der Waals surface area (Å²) in [5.74, 6) is -1.07. The van der Waals surface area contributed by atoms with Gasteiger partial charge in [-0.25, -0.2) is 0 Å². The lowest BCUT2D eigenvalue weighted by molar-refractivity contribution is 0.0965. The van der Waals surface area contributed by atoms with Gasteiger partial charge in [-0.2, -0.15) is 0 Å². The Hall–Kier alpha value is -3.14. The van der Waals surface area contributed by atoms with Crippen LogP contribution >= 0.6 is 0 Å². The zero-order valence-corrected chi connectivity index (χ0v) is 13.3. The molecule has 4 nitrogen and oxygen atoms in total. The Morgan fingerprint density at radius 1 is 1.00 bits per heavy atom. The van der Waals surface area contributed by atoms with E-state index < -0.39 is 11.6 Å². The van der Waals surface area contributed by atoms with E-state index in [1.165, 1.54) is 0 Å². The zero-order chi connectivity index (χ0) is 17.0. The maximum atomic E-state index is 13.1. The van der Waals surface area contributed by atoms with E-state index in [1.807, 2.05) is 42.8 Å². The van der Waals surface area contributed by atoms with Gasteiger partial charge in [0.05, 0.1) is 5.56 Å². The Balaban J connectivity index is 1.95. The molecule has 4 rings (SSSR count). The van der Waals surface area contributed by atoms with Crippen molar-refractivity contribution < 1.29 is 14.7 Å². The summed E-state index contributed by atoms with van der Waals surface area (Å²) >= 11 is 0. The quantitative estimate of drug-likeness (QED) is 0.577. The third kappa shape index (κ3) is 1.74. The molecule has 0 atom stereocenters. The van der Waals surface area contributed by atoms with Gasteiger partial charge in [-0.15, -0.1) is 0 Å². The van der Waals surface area contributed by atoms with E-state index in [9.17, 15) is 14.7 Å². The van der Waals surface area contributed by atoms with Crippen LogP contribution in [0.1, 0.15) is 32.0 Å². The first-order chi connectivity index (χ1) is 11.5. The summed E-state index contributed by atoms with van der Waals surface area (Å²) in [4.78, 5) is 25.8. The number of aryl methyl sites for hydroxylation is 1. The lowest BCUT2D eigenvalue weighted by Crippen LogP contribution is -2.12. The standard InChI is InChI=1S/C20H15NO3/c1-11-16(14-9-5-6-10-15(14)21(11)2)20(24)17-18(22)12-7-3-4-8-13(12)19(17)23/h3-10,22H,1-2H3. The van der Waals surface area contributed by atoms with Crippen LogP contribution in [-0.4, -0.2) is 21.2 Å². The third-order valence-corrected chi connectivity index (χ3v) is 4.74. The second-order valence-corrected chi connectivity index (χ2v) is 5.96. The summed E-state index contributed by atoms with van der Waals surface area (Å²) in [5, 5.41) is 11.2. The minimum atomic E-state index is -0.428. The number of aliphatic hydroxyl groups is 1. The van der Waals surface area contributed by atoms with Crippen molar-refractivity contribution in [3.05, 3.63) is 76.5 Å². The number of Topliss-reactive ketones (excluding diaryl/α,β-unsaturated/α-hetero) is 2. The topological polar surface area (TPSA) is 59.3 Å². The van der Waals surface area contributed by atoms with Crippen molar-refractivity contribution in [3.63, 3.8) is 0 Å². The molecule has 0 unspecified atom stereocenters. The molecule has 3 aromatic rings. The van der Waals surface area contributed by atoms with Crippen LogP contribution in [0.5, 0.6) is 0 Å². The van der Waals surface area contributed by atoms with Crippen molar-refractivity contribution in [2.75, 3.05) is 0 Å². The number of carbonyl (C=O) groups excluding carboxylic acids is 2. The first kappa shape index (κ1) is 14.5. The van der Waals surface area contributed by atoms with Crippen molar-refractivity contribution >= 4 is 28.2 Å². The van der Waals surface area contributed by atoms with Crippen LogP contribution in [-0.2, 0) is 7.05 Å². The second-order valence-electron chi connectivity index (χ2n) is 5.96. The van der Waals surface area contributed by atoms with Crippen molar-refractivity contribution in [3.8, 4) is 0 Å². The maximum absolute atomic E-state index is 13.1. The Kier molecular flexibility index (Phi) is 2.97. The highest BCUT2D eigenvalue weighted by Crippen LogP contribution is 2.35. The first-order valence-corrected chi connectivity index (χ1v) is 7.68. The molecular weight excluding hydrogens is 302 g/mol. The van der Waals surface area contributed by atoms with Crippen LogP contribution in [0.15, 0.2) is 54.1 Å². The van der Waals surface area contributed by atoms with Gasteiger partial charge in [0, 0.05) is 34.8 Å². The van der Waals surface area contributed by atoms with Crippen LogP contribution < -0.4 is 0 Å². The van der Waals surface area contributed by atoms with Crippen molar-refractivity contribution in [1.29, 1.82) is 0 Å². The van der Waals surface area contributed by atoms with Crippen LogP contribution in [0, 0.1) is 6.92 Å². The Bertz CT molecular complexity index is 1070. The molecule has 118 valence electrons. The lowest BCUT2D eigenvalue weighted by Gasteiger charge is -2.03. The number of rotatable bonds is 2. The molecule has 0 spiro atoms. The average molecular weight is 317 g/mol. The predicted molar refractivity (Wildman–Crippen MR) is 92.3 cm³/mol. The largest absolute Gasteiger partial charge is 0.506 e. The van der Waals surface area contributed by atoms with Gasteiger partial charge in [0.1, 0.15) is 11.3 Å². The van der Waals surface area contributed by atoms with Crippen LogP contribution in [0.25, 0.3) is 16.7 Å². The van der Waals surface area contributed by atoms with Crippen molar-refractivity contribution in [1.82, 2.24) is 4.57 Å². The molecule has 1 heterocycles. The van der Waals surface area contributed by atoms with E-state index in [1.54, 1.807) is 24.3 Å². The number of ketones is 2. The molecule has 1 aromatic heterocycles. The summed E-state index contributed by atoms with van der Waals surface area (Å²) in [6.07, 6.45) is 0. The summed E-state index contributed by atoms with van der Waals surface area (Å²) in [6.45, 7) is 1.84.